The lowest BCUT2D eigenvalue weighted by atomic mass is 9.85. The quantitative estimate of drug-likeness (QED) is 0.737. The van der Waals surface area contributed by atoms with Gasteiger partial charge >= 0.3 is 0 Å². The summed E-state index contributed by atoms with van der Waals surface area (Å²) in [6, 6.07) is 15.1. The molecule has 146 valence electrons. The summed E-state index contributed by atoms with van der Waals surface area (Å²) in [7, 11) is 0. The first-order valence-corrected chi connectivity index (χ1v) is 10.5. The molecule has 0 spiro atoms. The van der Waals surface area contributed by atoms with E-state index in [1.54, 1.807) is 6.20 Å². The van der Waals surface area contributed by atoms with Crippen LogP contribution in [0.4, 0.5) is 0 Å². The molecule has 0 amide bonds. The summed E-state index contributed by atoms with van der Waals surface area (Å²) in [5.74, 6) is 0.839. The lowest BCUT2D eigenvalue weighted by Crippen LogP contribution is -2.35. The van der Waals surface area contributed by atoms with Crippen molar-refractivity contribution in [2.75, 3.05) is 13.1 Å². The van der Waals surface area contributed by atoms with E-state index in [1.165, 1.54) is 16.5 Å². The lowest BCUT2D eigenvalue weighted by Gasteiger charge is -2.29. The molecule has 0 radical (unpaired) electrons. The number of likely N-dealkylation sites (tertiary alicyclic amines) is 1. The van der Waals surface area contributed by atoms with E-state index in [1.807, 2.05) is 18.2 Å². The van der Waals surface area contributed by atoms with Crippen LogP contribution in [-0.2, 0) is 12.1 Å². The minimum Gasteiger partial charge on any atom is -0.383 e. The molecule has 4 heteroatoms. The number of hydrogen-bond acceptors (Lipinski definition) is 3. The van der Waals surface area contributed by atoms with Crippen molar-refractivity contribution >= 4 is 10.9 Å². The first-order chi connectivity index (χ1) is 13.6. The Labute approximate surface area is 166 Å². The summed E-state index contributed by atoms with van der Waals surface area (Å²) in [5, 5.41) is 12.8. The van der Waals surface area contributed by atoms with Crippen LogP contribution in [0.25, 0.3) is 10.9 Å². The Bertz CT molecular complexity index is 980. The van der Waals surface area contributed by atoms with Crippen LogP contribution in [0.5, 0.6) is 0 Å². The third-order valence-corrected chi connectivity index (χ3v) is 6.91. The van der Waals surface area contributed by atoms with Gasteiger partial charge in [-0.15, -0.1) is 0 Å². The van der Waals surface area contributed by atoms with Crippen molar-refractivity contribution in [1.82, 2.24) is 14.5 Å². The fraction of sp³-hybridized carbons (Fsp3) is 0.458. The molecule has 1 N–H and O–H groups in total. The van der Waals surface area contributed by atoms with Gasteiger partial charge in [0.2, 0.25) is 0 Å². The second-order valence-corrected chi connectivity index (χ2v) is 8.91. The molecule has 1 saturated carbocycles. The molecule has 0 bridgehead atoms. The van der Waals surface area contributed by atoms with Crippen LogP contribution >= 0.6 is 0 Å². The Morgan fingerprint density at radius 2 is 1.96 bits per heavy atom. The van der Waals surface area contributed by atoms with E-state index in [-0.39, 0.29) is 5.92 Å². The molecule has 1 saturated heterocycles. The van der Waals surface area contributed by atoms with E-state index in [9.17, 15) is 5.11 Å². The highest BCUT2D eigenvalue weighted by Crippen LogP contribution is 2.50. The Morgan fingerprint density at radius 1 is 1.14 bits per heavy atom. The summed E-state index contributed by atoms with van der Waals surface area (Å²) >= 11 is 0. The minimum absolute atomic E-state index is 0.279. The predicted molar refractivity (Wildman–Crippen MR) is 112 cm³/mol. The number of para-hydroxylation sites is 1. The molecule has 1 aliphatic heterocycles. The summed E-state index contributed by atoms with van der Waals surface area (Å²) in [5.41, 5.74) is 2.79. The first-order valence-electron chi connectivity index (χ1n) is 10.5. The lowest BCUT2D eigenvalue weighted by molar-refractivity contribution is -0.0108. The van der Waals surface area contributed by atoms with Gasteiger partial charge in [0.1, 0.15) is 5.60 Å². The number of pyridine rings is 1. The van der Waals surface area contributed by atoms with Crippen molar-refractivity contribution in [3.63, 3.8) is 0 Å². The largest absolute Gasteiger partial charge is 0.383 e. The van der Waals surface area contributed by atoms with Gasteiger partial charge in [-0.05, 0) is 56.4 Å². The second-order valence-electron chi connectivity index (χ2n) is 8.91. The minimum atomic E-state index is -0.771. The maximum absolute atomic E-state index is 11.5. The Morgan fingerprint density at radius 3 is 2.75 bits per heavy atom. The summed E-state index contributed by atoms with van der Waals surface area (Å²) in [4.78, 5) is 7.03. The molecular formula is C24H29N3O. The van der Waals surface area contributed by atoms with Gasteiger partial charge in [0.25, 0.3) is 0 Å². The van der Waals surface area contributed by atoms with Crippen LogP contribution in [0.2, 0.25) is 0 Å². The fourth-order valence-electron chi connectivity index (χ4n) is 5.52. The molecule has 4 nitrogen and oxygen atoms in total. The van der Waals surface area contributed by atoms with E-state index in [0.717, 1.165) is 38.2 Å². The zero-order chi connectivity index (χ0) is 19.3. The average molecular weight is 376 g/mol. The van der Waals surface area contributed by atoms with E-state index in [2.05, 4.69) is 58.8 Å². The topological polar surface area (TPSA) is 41.3 Å². The smallest absolute Gasteiger partial charge is 0.111 e. The number of nitrogens with zero attached hydrogens (tertiary/aromatic N) is 3. The van der Waals surface area contributed by atoms with Gasteiger partial charge in [0, 0.05) is 54.9 Å². The highest BCUT2D eigenvalue weighted by Gasteiger charge is 2.53. The fourth-order valence-corrected chi connectivity index (χ4v) is 5.52. The molecule has 2 aromatic heterocycles. The molecule has 0 unspecified atom stereocenters. The highest BCUT2D eigenvalue weighted by atomic mass is 16.3. The highest BCUT2D eigenvalue weighted by molar-refractivity contribution is 5.84. The van der Waals surface area contributed by atoms with Crippen molar-refractivity contribution in [2.24, 2.45) is 11.8 Å². The van der Waals surface area contributed by atoms with Crippen molar-refractivity contribution in [2.45, 2.75) is 44.9 Å². The number of benzene rings is 1. The van der Waals surface area contributed by atoms with Crippen LogP contribution < -0.4 is 0 Å². The van der Waals surface area contributed by atoms with E-state index >= 15 is 0 Å². The molecule has 2 aliphatic rings. The van der Waals surface area contributed by atoms with Gasteiger partial charge in [0.05, 0.1) is 5.69 Å². The molecule has 3 atom stereocenters. The van der Waals surface area contributed by atoms with Crippen molar-refractivity contribution in [3.05, 3.63) is 66.1 Å². The number of rotatable bonds is 4. The second kappa shape index (κ2) is 6.71. The van der Waals surface area contributed by atoms with E-state index in [4.69, 9.17) is 0 Å². The zero-order valence-corrected chi connectivity index (χ0v) is 16.8. The Balaban J connectivity index is 1.40. The molecule has 5 rings (SSSR count). The summed E-state index contributed by atoms with van der Waals surface area (Å²) in [6.07, 6.45) is 6.05. The summed E-state index contributed by atoms with van der Waals surface area (Å²) in [6.45, 7) is 7.44. The first kappa shape index (κ1) is 17.9. The molecule has 1 aromatic carbocycles. The molecule has 3 aromatic rings. The van der Waals surface area contributed by atoms with Crippen molar-refractivity contribution < 1.29 is 5.11 Å². The van der Waals surface area contributed by atoms with Crippen LogP contribution in [0.1, 0.15) is 44.0 Å². The van der Waals surface area contributed by atoms with Gasteiger partial charge in [-0.1, -0.05) is 24.3 Å². The normalized spacial score (nSPS) is 27.7. The molecule has 1 aliphatic carbocycles. The van der Waals surface area contributed by atoms with Crippen molar-refractivity contribution in [1.29, 1.82) is 0 Å². The standard InChI is InChI=1S/C24H29N3O/c1-17(2)27-15-19(20-7-3-4-8-22(20)27)14-26-13-18-10-11-24(28,21(18)16-26)23-9-5-6-12-25-23/h3-9,12,15,17-18,21,28H,10-11,13-14,16H2,1-2H3/t18-,21+,24-/m0/s1. The predicted octanol–water partition coefficient (Wildman–Crippen LogP) is 4.35. The molecule has 2 fully saturated rings. The number of fused-ring (bicyclic) bond motifs is 2. The van der Waals surface area contributed by atoms with E-state index in [0.29, 0.717) is 12.0 Å². The van der Waals surface area contributed by atoms with Crippen LogP contribution in [0, 0.1) is 11.8 Å². The Kier molecular flexibility index (Phi) is 4.29. The van der Waals surface area contributed by atoms with Crippen molar-refractivity contribution in [3.8, 4) is 0 Å². The summed E-state index contributed by atoms with van der Waals surface area (Å²) < 4.78 is 2.38. The maximum atomic E-state index is 11.5. The number of aliphatic hydroxyl groups is 1. The van der Waals surface area contributed by atoms with Gasteiger partial charge in [-0.3, -0.25) is 9.88 Å². The maximum Gasteiger partial charge on any atom is 0.111 e. The molecular weight excluding hydrogens is 346 g/mol. The molecule has 28 heavy (non-hydrogen) atoms. The van der Waals surface area contributed by atoms with Crippen LogP contribution in [0.3, 0.4) is 0 Å². The number of hydrogen-bond donors (Lipinski definition) is 1. The van der Waals surface area contributed by atoms with Crippen LogP contribution in [0.15, 0.2) is 54.9 Å². The van der Waals surface area contributed by atoms with Gasteiger partial charge < -0.3 is 9.67 Å². The van der Waals surface area contributed by atoms with E-state index < -0.39 is 5.60 Å². The monoisotopic (exact) mass is 375 g/mol. The molecule has 3 heterocycles. The number of aromatic nitrogens is 2. The average Bonchev–Trinajstić information content (AvgIpc) is 3.37. The van der Waals surface area contributed by atoms with Gasteiger partial charge in [0.15, 0.2) is 0 Å². The van der Waals surface area contributed by atoms with Gasteiger partial charge in [-0.2, -0.15) is 0 Å². The van der Waals surface area contributed by atoms with Gasteiger partial charge in [-0.25, -0.2) is 0 Å². The SMILES string of the molecule is CC(C)n1cc(CN2C[C@@H]3CC[C@@](O)(c4ccccn4)[C@@H]3C2)c2ccccc21. The zero-order valence-electron chi connectivity index (χ0n) is 16.8. The Hall–Kier alpha value is -2.17. The third kappa shape index (κ3) is 2.78. The van der Waals surface area contributed by atoms with Crippen LogP contribution in [-0.4, -0.2) is 32.6 Å². The third-order valence-electron chi connectivity index (χ3n) is 6.91.